The van der Waals surface area contributed by atoms with Gasteiger partial charge in [0.05, 0.1) is 0 Å². The zero-order chi connectivity index (χ0) is 13.8. The molecule has 0 radical (unpaired) electrons. The Bertz CT molecular complexity index is 368. The highest BCUT2D eigenvalue weighted by Crippen LogP contribution is 2.30. The van der Waals surface area contributed by atoms with Crippen LogP contribution in [0.25, 0.3) is 0 Å². The van der Waals surface area contributed by atoms with Gasteiger partial charge in [0.2, 0.25) is 0 Å². The van der Waals surface area contributed by atoms with Gasteiger partial charge in [-0.1, -0.05) is 33.8 Å². The summed E-state index contributed by atoms with van der Waals surface area (Å²) < 4.78 is 27.6. The van der Waals surface area contributed by atoms with Crippen LogP contribution in [0.4, 0.5) is 8.78 Å². The summed E-state index contributed by atoms with van der Waals surface area (Å²) in [6.45, 7) is 8.91. The van der Waals surface area contributed by atoms with Gasteiger partial charge < -0.3 is 5.32 Å². The third-order valence-corrected chi connectivity index (χ3v) is 3.85. The first-order valence-electron chi connectivity index (χ1n) is 6.16. The van der Waals surface area contributed by atoms with Gasteiger partial charge in [-0.15, -0.1) is 0 Å². The number of benzene rings is 1. The number of nitrogens with one attached hydrogen (secondary N) is 1. The summed E-state index contributed by atoms with van der Waals surface area (Å²) in [5, 5.41) is 3.15. The largest absolute Gasteiger partial charge is 0.309 e. The summed E-state index contributed by atoms with van der Waals surface area (Å²) in [4.78, 5) is 0. The van der Waals surface area contributed by atoms with Crippen molar-refractivity contribution in [1.29, 1.82) is 0 Å². The fraction of sp³-hybridized carbons (Fsp3) is 0.571. The molecular formula is C14H21F2NS. The van der Waals surface area contributed by atoms with Crippen molar-refractivity contribution in [3.05, 3.63) is 35.4 Å². The molecule has 0 aliphatic rings. The van der Waals surface area contributed by atoms with Gasteiger partial charge in [0.15, 0.2) is 0 Å². The third kappa shape index (κ3) is 4.58. The molecule has 4 heteroatoms. The van der Waals surface area contributed by atoms with Gasteiger partial charge in [0, 0.05) is 22.1 Å². The van der Waals surface area contributed by atoms with E-state index in [0.29, 0.717) is 12.3 Å². The van der Waals surface area contributed by atoms with Crippen LogP contribution < -0.4 is 5.32 Å². The minimum Gasteiger partial charge on any atom is -0.309 e. The summed E-state index contributed by atoms with van der Waals surface area (Å²) in [7, 11) is 0. The molecule has 1 aromatic rings. The highest BCUT2D eigenvalue weighted by atomic mass is 32.2. The van der Waals surface area contributed by atoms with Crippen molar-refractivity contribution in [3.63, 3.8) is 0 Å². The molecule has 1 unspecified atom stereocenters. The van der Waals surface area contributed by atoms with Crippen LogP contribution in [-0.2, 0) is 0 Å². The topological polar surface area (TPSA) is 12.0 Å². The molecule has 0 amide bonds. The Balaban J connectivity index is 2.90. The van der Waals surface area contributed by atoms with Crippen molar-refractivity contribution in [2.24, 2.45) is 0 Å². The van der Waals surface area contributed by atoms with E-state index in [1.54, 1.807) is 11.8 Å². The molecule has 1 rings (SSSR count). The van der Waals surface area contributed by atoms with Crippen LogP contribution in [0.1, 0.15) is 39.3 Å². The van der Waals surface area contributed by atoms with E-state index in [2.05, 4.69) is 26.1 Å². The average Bonchev–Trinajstić information content (AvgIpc) is 2.24. The van der Waals surface area contributed by atoms with Gasteiger partial charge in [-0.25, -0.2) is 8.78 Å². The minimum absolute atomic E-state index is 0.0788. The molecule has 0 heterocycles. The number of thioether (sulfide) groups is 1. The lowest BCUT2D eigenvalue weighted by molar-refractivity contribution is 0.499. The summed E-state index contributed by atoms with van der Waals surface area (Å²) >= 11 is 1.70. The van der Waals surface area contributed by atoms with E-state index >= 15 is 0 Å². The lowest BCUT2D eigenvalue weighted by Crippen LogP contribution is -2.26. The van der Waals surface area contributed by atoms with Crippen LogP contribution in [0, 0.1) is 11.6 Å². The van der Waals surface area contributed by atoms with Gasteiger partial charge in [-0.05, 0) is 18.7 Å². The van der Waals surface area contributed by atoms with Crippen LogP contribution in [0.5, 0.6) is 0 Å². The van der Waals surface area contributed by atoms with Crippen molar-refractivity contribution in [3.8, 4) is 0 Å². The summed E-state index contributed by atoms with van der Waals surface area (Å²) in [6.07, 6.45) is 0. The van der Waals surface area contributed by atoms with Crippen LogP contribution >= 0.6 is 11.8 Å². The third-order valence-electron chi connectivity index (χ3n) is 2.48. The first-order valence-corrected chi connectivity index (χ1v) is 7.15. The fourth-order valence-corrected chi connectivity index (χ4v) is 2.62. The van der Waals surface area contributed by atoms with Crippen LogP contribution in [0.3, 0.4) is 0 Å². The predicted molar refractivity (Wildman–Crippen MR) is 75.0 cm³/mol. The predicted octanol–water partition coefficient (Wildman–Crippen LogP) is 4.15. The van der Waals surface area contributed by atoms with Crippen molar-refractivity contribution >= 4 is 11.8 Å². The smallest absolute Gasteiger partial charge is 0.130 e. The molecule has 1 N–H and O–H groups in total. The molecule has 102 valence electrons. The molecule has 1 aromatic carbocycles. The molecule has 0 aromatic heterocycles. The zero-order valence-electron chi connectivity index (χ0n) is 11.4. The number of rotatable bonds is 5. The molecule has 0 aliphatic carbocycles. The minimum atomic E-state index is -0.476. The average molecular weight is 273 g/mol. The van der Waals surface area contributed by atoms with Crippen molar-refractivity contribution in [1.82, 2.24) is 5.32 Å². The van der Waals surface area contributed by atoms with Gasteiger partial charge in [0.1, 0.15) is 11.6 Å². The van der Waals surface area contributed by atoms with Crippen molar-refractivity contribution in [2.45, 2.75) is 38.5 Å². The molecule has 0 fully saturated rings. The van der Waals surface area contributed by atoms with Crippen molar-refractivity contribution in [2.75, 3.05) is 12.3 Å². The van der Waals surface area contributed by atoms with E-state index in [1.807, 2.05) is 6.92 Å². The Morgan fingerprint density at radius 1 is 1.22 bits per heavy atom. The molecule has 1 nitrogen and oxygen atoms in total. The molecule has 18 heavy (non-hydrogen) atoms. The van der Waals surface area contributed by atoms with E-state index in [1.165, 1.54) is 18.2 Å². The molecule has 0 bridgehead atoms. The maximum absolute atomic E-state index is 13.8. The monoisotopic (exact) mass is 273 g/mol. The lowest BCUT2D eigenvalue weighted by Gasteiger charge is -2.24. The van der Waals surface area contributed by atoms with Crippen molar-refractivity contribution < 1.29 is 8.78 Å². The second-order valence-electron chi connectivity index (χ2n) is 5.17. The van der Waals surface area contributed by atoms with Gasteiger partial charge >= 0.3 is 0 Å². The quantitative estimate of drug-likeness (QED) is 0.865. The Kier molecular flexibility index (Phi) is 5.60. The van der Waals surface area contributed by atoms with Crippen LogP contribution in [-0.4, -0.2) is 17.0 Å². The number of hydrogen-bond donors (Lipinski definition) is 1. The molecule has 1 atom stereocenters. The number of hydrogen-bond acceptors (Lipinski definition) is 2. The maximum Gasteiger partial charge on any atom is 0.130 e. The normalized spacial score (nSPS) is 13.7. The summed E-state index contributed by atoms with van der Waals surface area (Å²) in [6, 6.07) is 3.73. The Labute approximate surface area is 112 Å². The second kappa shape index (κ2) is 6.53. The van der Waals surface area contributed by atoms with E-state index in [-0.39, 0.29) is 16.4 Å². The number of halogens is 2. The summed E-state index contributed by atoms with van der Waals surface area (Å²) in [5.74, 6) is -0.305. The first-order chi connectivity index (χ1) is 8.35. The van der Waals surface area contributed by atoms with E-state index in [0.717, 1.165) is 0 Å². The van der Waals surface area contributed by atoms with Crippen LogP contribution in [0.15, 0.2) is 18.2 Å². The van der Waals surface area contributed by atoms with Gasteiger partial charge in [-0.3, -0.25) is 0 Å². The molecule has 0 aliphatic heterocycles. The molecule has 0 spiro atoms. The Hall–Kier alpha value is -0.610. The zero-order valence-corrected chi connectivity index (χ0v) is 12.2. The maximum atomic E-state index is 13.8. The molecule has 0 saturated carbocycles. The molecule has 0 saturated heterocycles. The molecular weight excluding hydrogens is 252 g/mol. The second-order valence-corrected chi connectivity index (χ2v) is 7.02. The Morgan fingerprint density at radius 3 is 2.22 bits per heavy atom. The van der Waals surface area contributed by atoms with Crippen LogP contribution in [0.2, 0.25) is 0 Å². The standard InChI is InChI=1S/C14H21F2NS/c1-5-17-12(9-18-14(2,3)4)13-10(15)7-6-8-11(13)16/h6-8,12,17H,5,9H2,1-4H3. The summed E-state index contributed by atoms with van der Waals surface area (Å²) in [5.41, 5.74) is 0.149. The van der Waals surface area contributed by atoms with E-state index < -0.39 is 11.6 Å². The SMILES string of the molecule is CCNC(CSC(C)(C)C)c1c(F)cccc1F. The highest BCUT2D eigenvalue weighted by Gasteiger charge is 2.22. The van der Waals surface area contributed by atoms with E-state index in [4.69, 9.17) is 0 Å². The van der Waals surface area contributed by atoms with E-state index in [9.17, 15) is 8.78 Å². The van der Waals surface area contributed by atoms with Gasteiger partial charge in [0.25, 0.3) is 0 Å². The first kappa shape index (κ1) is 15.4. The Morgan fingerprint density at radius 2 is 1.78 bits per heavy atom. The fourth-order valence-electron chi connectivity index (χ4n) is 1.67. The van der Waals surface area contributed by atoms with Gasteiger partial charge in [-0.2, -0.15) is 11.8 Å². The highest BCUT2D eigenvalue weighted by molar-refractivity contribution is 8.00. The lowest BCUT2D eigenvalue weighted by atomic mass is 10.1.